The van der Waals surface area contributed by atoms with Crippen LogP contribution in [0.4, 0.5) is 9.59 Å². The molecular formula is C60H106N4O18. The lowest BCUT2D eigenvalue weighted by Gasteiger charge is -2.28. The molecule has 22 heteroatoms. The number of unbranched alkanes of at least 4 members (excludes halogenated alkanes) is 1. The number of ether oxygens (including phenoxy) is 8. The molecule has 82 heavy (non-hydrogen) atoms. The Morgan fingerprint density at radius 2 is 0.683 bits per heavy atom. The van der Waals surface area contributed by atoms with Gasteiger partial charge in [-0.25, -0.2) is 24.0 Å². The van der Waals surface area contributed by atoms with Crippen molar-refractivity contribution in [1.82, 2.24) is 21.3 Å². The fraction of sp³-hybridized carbons (Fsp3) is 0.833. The summed E-state index contributed by atoms with van der Waals surface area (Å²) in [6.45, 7) is 40.0. The Kier molecular flexibility index (Phi) is 29.9. The number of carbonyl (C=O) groups is 10. The number of rotatable bonds is 29. The quantitative estimate of drug-likeness (QED) is 0.0308. The molecule has 0 aliphatic rings. The van der Waals surface area contributed by atoms with E-state index < -0.39 is 140 Å². The van der Waals surface area contributed by atoms with Gasteiger partial charge >= 0.3 is 36.1 Å². The molecule has 0 rings (SSSR count). The molecule has 0 aromatic heterocycles. The lowest BCUT2D eigenvalue weighted by atomic mass is 9.92. The van der Waals surface area contributed by atoms with Crippen LogP contribution >= 0.6 is 0 Å². The molecule has 0 fully saturated rings. The largest absolute Gasteiger partial charge is 0.460 e. The molecule has 0 bridgehead atoms. The van der Waals surface area contributed by atoms with E-state index in [9.17, 15) is 47.9 Å². The predicted molar refractivity (Wildman–Crippen MR) is 308 cm³/mol. The molecule has 0 unspecified atom stereocenters. The van der Waals surface area contributed by atoms with Crippen molar-refractivity contribution in [2.24, 2.45) is 11.8 Å². The molecule has 0 radical (unpaired) electrons. The standard InChI is InChI=1S/C60H106N4O18/c1-53(2,3)75-35-38(33-39(65)29-30-41(49(71)79-57(13,14)15)63-51(73)81-59(19,20)21)46(68)62-40(48(70)78-56(10,11)12)28-26-25-27-37(47(69)77-55(7,8)9)34-44(66)43(36-76-54(4,5)6)61-45(67)32-31-42(50(72)80-58(16,17)18)64-52(74)82-60(22,23)24/h37-38,40-43H,25-36H2,1-24H3,(H,61,67)(H,62,68)(H,63,73)(H,64,74)/t37-,38+,40+,41+,42+,43+/m1/s1. The third-order valence-corrected chi connectivity index (χ3v) is 10.6. The minimum absolute atomic E-state index is 0.00944. The monoisotopic (exact) mass is 1170 g/mol. The highest BCUT2D eigenvalue weighted by atomic mass is 16.6. The number of hydrogen-bond donors (Lipinski definition) is 4. The van der Waals surface area contributed by atoms with Gasteiger partial charge in [-0.1, -0.05) is 12.8 Å². The first kappa shape index (κ1) is 76.6. The Bertz CT molecular complexity index is 1990. The minimum Gasteiger partial charge on any atom is -0.460 e. The molecule has 22 nitrogen and oxygen atoms in total. The number of ketones is 2. The Labute approximate surface area is 489 Å². The van der Waals surface area contributed by atoms with E-state index in [2.05, 4.69) is 21.3 Å². The zero-order valence-electron chi connectivity index (χ0n) is 54.3. The number of hydrogen-bond acceptors (Lipinski definition) is 18. The van der Waals surface area contributed by atoms with E-state index in [1.807, 2.05) is 0 Å². The number of alkyl carbamates (subject to hydrolysis) is 2. The van der Waals surface area contributed by atoms with E-state index in [0.717, 1.165) is 0 Å². The van der Waals surface area contributed by atoms with E-state index in [4.69, 9.17) is 37.9 Å². The summed E-state index contributed by atoms with van der Waals surface area (Å²) < 4.78 is 45.2. The van der Waals surface area contributed by atoms with Gasteiger partial charge in [0.2, 0.25) is 11.8 Å². The topological polar surface area (TPSA) is 293 Å². The smallest absolute Gasteiger partial charge is 0.408 e. The van der Waals surface area contributed by atoms with Gasteiger partial charge in [0, 0.05) is 25.7 Å². The van der Waals surface area contributed by atoms with Crippen molar-refractivity contribution in [1.29, 1.82) is 0 Å². The third-order valence-electron chi connectivity index (χ3n) is 10.6. The van der Waals surface area contributed by atoms with Gasteiger partial charge in [0.25, 0.3) is 0 Å². The van der Waals surface area contributed by atoms with E-state index >= 15 is 0 Å². The van der Waals surface area contributed by atoms with Crippen molar-refractivity contribution < 1.29 is 85.8 Å². The van der Waals surface area contributed by atoms with Gasteiger partial charge in [-0.3, -0.25) is 24.0 Å². The van der Waals surface area contributed by atoms with Gasteiger partial charge < -0.3 is 59.2 Å². The average molecular weight is 1170 g/mol. The minimum atomic E-state index is -1.29. The summed E-state index contributed by atoms with van der Waals surface area (Å²) in [6.07, 6.45) is -2.96. The second-order valence-corrected chi connectivity index (χ2v) is 28.7. The third kappa shape index (κ3) is 39.2. The summed E-state index contributed by atoms with van der Waals surface area (Å²) in [6, 6.07) is -5.04. The second kappa shape index (κ2) is 32.0. The van der Waals surface area contributed by atoms with Gasteiger partial charge in [-0.15, -0.1) is 0 Å². The molecule has 474 valence electrons. The van der Waals surface area contributed by atoms with Crippen molar-refractivity contribution in [3.63, 3.8) is 0 Å². The SMILES string of the molecule is CC(C)(C)OC[C@H](CC(=O)CC[C@H](NC(=O)OC(C)(C)C)C(=O)OC(C)(C)C)C(=O)N[C@@H](CCCC[C@H](CC(=O)[C@H](COC(C)(C)C)NC(=O)CC[C@H](NC(=O)OC(C)(C)C)C(=O)OC(C)(C)C)C(=O)OC(C)(C)C)C(=O)OC(C)(C)C. The second-order valence-electron chi connectivity index (χ2n) is 28.7. The highest BCUT2D eigenvalue weighted by Crippen LogP contribution is 2.24. The van der Waals surface area contributed by atoms with E-state index in [1.165, 1.54) is 0 Å². The van der Waals surface area contributed by atoms with Gasteiger partial charge in [-0.05, 0) is 192 Å². The summed E-state index contributed by atoms with van der Waals surface area (Å²) in [5, 5.41) is 10.5. The summed E-state index contributed by atoms with van der Waals surface area (Å²) in [5.41, 5.74) is -7.01. The highest BCUT2D eigenvalue weighted by Gasteiger charge is 2.36. The van der Waals surface area contributed by atoms with Crippen LogP contribution in [0.1, 0.15) is 230 Å². The van der Waals surface area contributed by atoms with E-state index in [1.54, 1.807) is 166 Å². The summed E-state index contributed by atoms with van der Waals surface area (Å²) in [4.78, 5) is 136. The van der Waals surface area contributed by atoms with Crippen molar-refractivity contribution in [2.45, 2.75) is 299 Å². The highest BCUT2D eigenvalue weighted by molar-refractivity contribution is 5.92. The Hall–Kier alpha value is -5.38. The number of nitrogens with one attached hydrogen (secondary N) is 4. The van der Waals surface area contributed by atoms with Crippen LogP contribution < -0.4 is 21.3 Å². The molecule has 4 amide bonds. The molecule has 0 heterocycles. The van der Waals surface area contributed by atoms with Crippen LogP contribution in [0.15, 0.2) is 0 Å². The zero-order chi connectivity index (χ0) is 64.2. The molecule has 0 spiro atoms. The first-order chi connectivity index (χ1) is 36.7. The maximum Gasteiger partial charge on any atom is 0.408 e. The molecule has 0 aliphatic carbocycles. The maximum absolute atomic E-state index is 14.3. The summed E-state index contributed by atoms with van der Waals surface area (Å²) in [5.74, 6) is -7.52. The molecule has 0 aromatic carbocycles. The van der Waals surface area contributed by atoms with Crippen molar-refractivity contribution in [3.8, 4) is 0 Å². The number of carbonyl (C=O) groups excluding carboxylic acids is 10. The number of Topliss-reactive ketones (excluding diaryl/α,β-unsaturated/α-hetero) is 2. The van der Waals surface area contributed by atoms with Crippen LogP contribution in [0.5, 0.6) is 0 Å². The number of esters is 4. The van der Waals surface area contributed by atoms with Crippen molar-refractivity contribution in [3.05, 3.63) is 0 Å². The lowest BCUT2D eigenvalue weighted by Crippen LogP contribution is -2.48. The summed E-state index contributed by atoms with van der Waals surface area (Å²) in [7, 11) is 0. The lowest BCUT2D eigenvalue weighted by molar-refractivity contribution is -0.162. The molecule has 0 aromatic rings. The normalized spacial score (nSPS) is 15.0. The predicted octanol–water partition coefficient (Wildman–Crippen LogP) is 9.01. The first-order valence-electron chi connectivity index (χ1n) is 28.5. The van der Waals surface area contributed by atoms with Gasteiger partial charge in [0.1, 0.15) is 63.6 Å². The fourth-order valence-corrected chi connectivity index (χ4v) is 7.22. The van der Waals surface area contributed by atoms with Crippen molar-refractivity contribution in [2.75, 3.05) is 13.2 Å². The van der Waals surface area contributed by atoms with E-state index in [-0.39, 0.29) is 77.4 Å². The zero-order valence-corrected chi connectivity index (χ0v) is 54.3. The van der Waals surface area contributed by atoms with Crippen LogP contribution in [0.25, 0.3) is 0 Å². The molecule has 0 saturated carbocycles. The first-order valence-corrected chi connectivity index (χ1v) is 28.5. The van der Waals surface area contributed by atoms with Gasteiger partial charge in [-0.2, -0.15) is 0 Å². The van der Waals surface area contributed by atoms with Crippen LogP contribution in [0.3, 0.4) is 0 Å². The molecule has 6 atom stereocenters. The van der Waals surface area contributed by atoms with E-state index in [0.29, 0.717) is 0 Å². The van der Waals surface area contributed by atoms with Crippen LogP contribution in [-0.2, 0) is 76.3 Å². The Morgan fingerprint density at radius 3 is 1.07 bits per heavy atom. The Balaban J connectivity index is 6.72. The van der Waals surface area contributed by atoms with Crippen LogP contribution in [-0.4, -0.2) is 142 Å². The maximum atomic E-state index is 14.3. The van der Waals surface area contributed by atoms with Crippen LogP contribution in [0.2, 0.25) is 0 Å². The Morgan fingerprint density at radius 1 is 0.329 bits per heavy atom. The van der Waals surface area contributed by atoms with Gasteiger partial charge in [0.05, 0.1) is 36.3 Å². The molecule has 0 aliphatic heterocycles. The molecule has 4 N–H and O–H groups in total. The average Bonchev–Trinajstić information content (AvgIpc) is 3.22. The fourth-order valence-electron chi connectivity index (χ4n) is 7.22. The van der Waals surface area contributed by atoms with Crippen LogP contribution in [0, 0.1) is 11.8 Å². The van der Waals surface area contributed by atoms with Crippen molar-refractivity contribution >= 4 is 59.4 Å². The van der Waals surface area contributed by atoms with Gasteiger partial charge in [0.15, 0.2) is 5.78 Å². The molecular weight excluding hydrogens is 1060 g/mol. The summed E-state index contributed by atoms with van der Waals surface area (Å²) >= 11 is 0. The molecule has 0 saturated heterocycles. The number of amides is 4.